The van der Waals surface area contributed by atoms with E-state index >= 15 is 0 Å². The van der Waals surface area contributed by atoms with Gasteiger partial charge in [0.05, 0.1) is 33.1 Å². The summed E-state index contributed by atoms with van der Waals surface area (Å²) in [6, 6.07) is 121. The number of imidazole rings is 2. The number of halogens is 1. The Bertz CT molecular complexity index is 6330. The van der Waals surface area contributed by atoms with Crippen LogP contribution in [0.5, 0.6) is 0 Å². The molecule has 0 aliphatic carbocycles. The van der Waals surface area contributed by atoms with Crippen LogP contribution in [0.4, 0.5) is 0 Å². The van der Waals surface area contributed by atoms with Crippen LogP contribution >= 0.6 is 11.6 Å². The van der Waals surface area contributed by atoms with Crippen LogP contribution in [0.3, 0.4) is 0 Å². The maximum atomic E-state index is 6.30. The summed E-state index contributed by atoms with van der Waals surface area (Å²) >= 11 is 6.30. The van der Waals surface area contributed by atoms with Crippen molar-refractivity contribution in [2.24, 2.45) is 0 Å². The molecule has 496 valence electrons. The van der Waals surface area contributed by atoms with Gasteiger partial charge in [-0.3, -0.25) is 13.7 Å². The monoisotopic (exact) mass is 1370 g/mol. The van der Waals surface area contributed by atoms with Crippen molar-refractivity contribution >= 4 is 77.3 Å². The Kier molecular flexibility index (Phi) is 16.7. The minimum Gasteiger partial charge on any atom is -0.354 e. The van der Waals surface area contributed by atoms with Gasteiger partial charge in [-0.15, -0.1) is 0 Å². The number of hydrogen-bond acceptors (Lipinski definition) is 8. The van der Waals surface area contributed by atoms with Crippen molar-refractivity contribution in [1.29, 1.82) is 0 Å². The van der Waals surface area contributed by atoms with Crippen molar-refractivity contribution in [1.82, 2.24) is 58.6 Å². The fraction of sp³-hybridized carbons (Fsp3) is 0. The van der Waals surface area contributed by atoms with Gasteiger partial charge in [0.25, 0.3) is 0 Å². The van der Waals surface area contributed by atoms with Crippen LogP contribution in [0.1, 0.15) is 0 Å². The summed E-state index contributed by atoms with van der Waals surface area (Å²) in [7, 11) is 0. The molecule has 13 heteroatoms. The number of aromatic amines is 1. The second-order valence-electron chi connectivity index (χ2n) is 25.5. The van der Waals surface area contributed by atoms with E-state index in [1.54, 1.807) is 0 Å². The topological polar surface area (TPSA) is 134 Å². The van der Waals surface area contributed by atoms with E-state index in [0.29, 0.717) is 29.2 Å². The van der Waals surface area contributed by atoms with Gasteiger partial charge in [-0.25, -0.2) is 19.9 Å². The van der Waals surface area contributed by atoms with Crippen LogP contribution in [-0.2, 0) is 0 Å². The molecule has 6 aromatic heterocycles. The van der Waals surface area contributed by atoms with Crippen molar-refractivity contribution in [3.05, 3.63) is 370 Å². The summed E-state index contributed by atoms with van der Waals surface area (Å²) in [5, 5.41) is 4.87. The van der Waals surface area contributed by atoms with E-state index in [1.165, 1.54) is 10.8 Å². The average molecular weight is 1370 g/mol. The first kappa shape index (κ1) is 63.1. The maximum absolute atomic E-state index is 6.30. The second-order valence-corrected chi connectivity index (χ2v) is 25.8. The summed E-state index contributed by atoms with van der Waals surface area (Å²) in [6.07, 6.45) is 3.78. The molecule has 6 heterocycles. The summed E-state index contributed by atoms with van der Waals surface area (Å²) in [4.78, 5) is 42.0. The van der Waals surface area contributed by atoms with E-state index < -0.39 is 0 Å². The van der Waals surface area contributed by atoms with Crippen molar-refractivity contribution in [3.8, 4) is 107 Å². The Labute approximate surface area is 609 Å². The first-order chi connectivity index (χ1) is 51.9. The Morgan fingerprint density at radius 1 is 0.238 bits per heavy atom. The molecule has 0 saturated heterocycles. The molecule has 12 nitrogen and oxygen atoms in total. The van der Waals surface area contributed by atoms with Gasteiger partial charge in [0.15, 0.2) is 23.3 Å². The molecule has 20 aromatic rings. The minimum atomic E-state index is 0.176. The van der Waals surface area contributed by atoms with Gasteiger partial charge in [0.1, 0.15) is 12.7 Å². The number of nitrogens with one attached hydrogen (secondary N) is 1. The molecule has 1 N–H and O–H groups in total. The zero-order valence-corrected chi connectivity index (χ0v) is 57.2. The highest BCUT2D eigenvalue weighted by molar-refractivity contribution is 6.28. The normalized spacial score (nSPS) is 11.3. The quantitative estimate of drug-likeness (QED) is 0.135. The van der Waals surface area contributed by atoms with Crippen LogP contribution < -0.4 is 0 Å². The largest absolute Gasteiger partial charge is 0.354 e. The maximum Gasteiger partial charge on any atom is 0.238 e. The molecule has 105 heavy (non-hydrogen) atoms. The lowest BCUT2D eigenvalue weighted by Gasteiger charge is -2.12. The number of aromatic nitrogens is 12. The summed E-state index contributed by atoms with van der Waals surface area (Å²) in [5.74, 6) is 2.85. The molecule has 0 saturated carbocycles. The fourth-order valence-corrected chi connectivity index (χ4v) is 14.0. The van der Waals surface area contributed by atoms with Crippen molar-refractivity contribution in [3.63, 3.8) is 0 Å². The van der Waals surface area contributed by atoms with Gasteiger partial charge in [0.2, 0.25) is 11.2 Å². The Morgan fingerprint density at radius 3 is 1.04 bits per heavy atom. The standard InChI is InChI=1S/C46H30N6.C27H18ClN3.C19H13N3/c1-4-14-31(15-5-1)33-18-12-20-35(26-33)44-48-45(36-21-13-19-34(27-36)32-16-6-2-7-17-32)50-46(49-44)52-41-25-11-10-24-38(41)39-28-43-40(29-42(39)52)47-30-51(43)37-22-8-3-9-23-37;28-27-30-25(23-15-7-13-21(17-23)19-9-3-1-4-10-19)29-26(31-27)24-16-8-14-22(18-24)20-11-5-2-6-12-20;1-2-6-13(7-3-1)22-12-20-18-11-17-15(10-19(18)22)14-8-4-5-9-16(14)21-17/h1-30H;1-18H;1-12,21H. The Morgan fingerprint density at radius 2 is 0.590 bits per heavy atom. The van der Waals surface area contributed by atoms with Crippen LogP contribution in [0.15, 0.2) is 365 Å². The van der Waals surface area contributed by atoms with Gasteiger partial charge in [-0.1, -0.05) is 267 Å². The van der Waals surface area contributed by atoms with Crippen LogP contribution in [0.25, 0.3) is 173 Å². The number of rotatable bonds is 11. The number of fused-ring (bicyclic) bond motifs is 8. The zero-order chi connectivity index (χ0) is 70.0. The minimum absolute atomic E-state index is 0.176. The van der Waals surface area contributed by atoms with E-state index in [2.05, 4.69) is 276 Å². The predicted molar refractivity (Wildman–Crippen MR) is 428 cm³/mol. The lowest BCUT2D eigenvalue weighted by atomic mass is 10.0. The molecule has 0 aliphatic rings. The van der Waals surface area contributed by atoms with Crippen LogP contribution in [0, 0.1) is 0 Å². The van der Waals surface area contributed by atoms with E-state index in [1.807, 2.05) is 122 Å². The molecule has 0 aliphatic heterocycles. The molecule has 0 spiro atoms. The highest BCUT2D eigenvalue weighted by Gasteiger charge is 2.21. The second kappa shape index (κ2) is 27.8. The summed E-state index contributed by atoms with van der Waals surface area (Å²) < 4.78 is 6.43. The van der Waals surface area contributed by atoms with Gasteiger partial charge < -0.3 is 4.98 Å². The molecule has 0 amide bonds. The molecule has 0 unspecified atom stereocenters. The SMILES string of the molecule is Clc1nc(-c2cccc(-c3ccccc3)c2)nc(-c2cccc(-c3ccccc3)c2)n1.c1ccc(-c2cccc(-c3nc(-c4cccc(-c5ccccc5)c4)nc(-n4c5ccccc5c5cc6c(cc54)ncn6-c4ccccc4)n3)c2)cc1.c1ccc(-n2cnc3cc4[nH]c5ccccc5c4cc32)cc1. The number of benzene rings is 14. The highest BCUT2D eigenvalue weighted by Crippen LogP contribution is 2.38. The fourth-order valence-electron chi connectivity index (χ4n) is 13.8. The lowest BCUT2D eigenvalue weighted by molar-refractivity contribution is 0.954. The first-order valence-electron chi connectivity index (χ1n) is 34.6. The molecular weight excluding hydrogens is 1310 g/mol. The van der Waals surface area contributed by atoms with E-state index in [4.69, 9.17) is 36.5 Å². The predicted octanol–water partition coefficient (Wildman–Crippen LogP) is 22.8. The van der Waals surface area contributed by atoms with Crippen LogP contribution in [0.2, 0.25) is 5.28 Å². The molecule has 0 radical (unpaired) electrons. The van der Waals surface area contributed by atoms with E-state index in [0.717, 1.165) is 133 Å². The highest BCUT2D eigenvalue weighted by atomic mass is 35.5. The molecule has 0 bridgehead atoms. The zero-order valence-electron chi connectivity index (χ0n) is 56.4. The Balaban J connectivity index is 0.000000124. The molecule has 0 fully saturated rings. The number of hydrogen-bond donors (Lipinski definition) is 1. The lowest BCUT2D eigenvalue weighted by Crippen LogP contribution is -2.06. The number of nitrogens with zero attached hydrogens (tertiary/aromatic N) is 11. The summed E-state index contributed by atoms with van der Waals surface area (Å²) in [6.45, 7) is 0. The van der Waals surface area contributed by atoms with E-state index in [9.17, 15) is 0 Å². The Hall–Kier alpha value is -14.1. The summed E-state index contributed by atoms with van der Waals surface area (Å²) in [5.41, 5.74) is 23.1. The van der Waals surface area contributed by atoms with Gasteiger partial charge in [-0.05, 0) is 141 Å². The first-order valence-corrected chi connectivity index (χ1v) is 35.0. The third kappa shape index (κ3) is 12.7. The molecule has 14 aromatic carbocycles. The smallest absolute Gasteiger partial charge is 0.238 e. The van der Waals surface area contributed by atoms with Crippen molar-refractivity contribution in [2.75, 3.05) is 0 Å². The van der Waals surface area contributed by atoms with Crippen molar-refractivity contribution in [2.45, 2.75) is 0 Å². The van der Waals surface area contributed by atoms with Crippen LogP contribution in [-0.4, -0.2) is 58.6 Å². The van der Waals surface area contributed by atoms with E-state index in [-0.39, 0.29) is 5.28 Å². The number of para-hydroxylation sites is 4. The third-order valence-corrected chi connectivity index (χ3v) is 19.1. The number of H-pyrrole nitrogens is 1. The molecule has 0 atom stereocenters. The third-order valence-electron chi connectivity index (χ3n) is 18.9. The molecule has 20 rings (SSSR count). The van der Waals surface area contributed by atoms with Crippen molar-refractivity contribution < 1.29 is 0 Å². The van der Waals surface area contributed by atoms with Gasteiger partial charge in [0, 0.05) is 66.2 Å². The average Bonchev–Trinajstić information content (AvgIpc) is 1.57. The van der Waals surface area contributed by atoms with Gasteiger partial charge in [-0.2, -0.15) is 19.9 Å². The van der Waals surface area contributed by atoms with Gasteiger partial charge >= 0.3 is 0 Å². The molecular formula is C92H61ClN12.